The van der Waals surface area contributed by atoms with Gasteiger partial charge in [0.15, 0.2) is 0 Å². The molecule has 0 radical (unpaired) electrons. The zero-order chi connectivity index (χ0) is 17.3. The Labute approximate surface area is 146 Å². The summed E-state index contributed by atoms with van der Waals surface area (Å²) in [4.78, 5) is 0.239. The number of hydrogen-bond donors (Lipinski definition) is 1. The van der Waals surface area contributed by atoms with Crippen LogP contribution in [-0.4, -0.2) is 20.0 Å². The Morgan fingerprint density at radius 2 is 1.71 bits per heavy atom. The SMILES string of the molecule is CNS(=O)(=O)c1ccc(-n2c(C)ccc2-c2cccc(Cl)c2)cc1. The third-order valence-electron chi connectivity index (χ3n) is 3.87. The highest BCUT2D eigenvalue weighted by Crippen LogP contribution is 2.28. The van der Waals surface area contributed by atoms with Gasteiger partial charge >= 0.3 is 0 Å². The van der Waals surface area contributed by atoms with E-state index in [2.05, 4.69) is 9.29 Å². The van der Waals surface area contributed by atoms with Gasteiger partial charge in [-0.3, -0.25) is 0 Å². The van der Waals surface area contributed by atoms with Gasteiger partial charge in [0.05, 0.1) is 10.6 Å². The lowest BCUT2D eigenvalue weighted by molar-refractivity contribution is 0.588. The minimum absolute atomic E-state index is 0.239. The van der Waals surface area contributed by atoms with Crippen LogP contribution in [0.15, 0.2) is 65.6 Å². The monoisotopic (exact) mass is 360 g/mol. The molecule has 0 saturated carbocycles. The Balaban J connectivity index is 2.09. The van der Waals surface area contributed by atoms with Crippen LogP contribution in [0.5, 0.6) is 0 Å². The summed E-state index contributed by atoms with van der Waals surface area (Å²) in [5.74, 6) is 0. The quantitative estimate of drug-likeness (QED) is 0.764. The van der Waals surface area contributed by atoms with Gasteiger partial charge in [0, 0.05) is 16.4 Å². The van der Waals surface area contributed by atoms with Crippen LogP contribution >= 0.6 is 11.6 Å². The van der Waals surface area contributed by atoms with Gasteiger partial charge in [-0.25, -0.2) is 13.1 Å². The maximum Gasteiger partial charge on any atom is 0.240 e. The summed E-state index contributed by atoms with van der Waals surface area (Å²) < 4.78 is 28.1. The number of benzene rings is 2. The lowest BCUT2D eigenvalue weighted by Gasteiger charge is -2.13. The molecule has 0 aliphatic rings. The Bertz CT molecular complexity index is 977. The van der Waals surface area contributed by atoms with E-state index in [1.165, 1.54) is 7.05 Å². The fourth-order valence-corrected chi connectivity index (χ4v) is 3.57. The summed E-state index contributed by atoms with van der Waals surface area (Å²) in [6.07, 6.45) is 0. The van der Waals surface area contributed by atoms with Crippen molar-refractivity contribution in [1.29, 1.82) is 0 Å². The third-order valence-corrected chi connectivity index (χ3v) is 5.54. The van der Waals surface area contributed by atoms with Gasteiger partial charge in [-0.05, 0) is 68.1 Å². The van der Waals surface area contributed by atoms with Crippen molar-refractivity contribution in [3.63, 3.8) is 0 Å². The lowest BCUT2D eigenvalue weighted by atomic mass is 10.1. The summed E-state index contributed by atoms with van der Waals surface area (Å²) in [7, 11) is -2.04. The number of aryl methyl sites for hydroxylation is 1. The topological polar surface area (TPSA) is 51.1 Å². The summed E-state index contributed by atoms with van der Waals surface area (Å²) in [5.41, 5.74) is 3.94. The largest absolute Gasteiger partial charge is 0.314 e. The summed E-state index contributed by atoms with van der Waals surface area (Å²) in [5, 5.41) is 0.674. The molecule has 24 heavy (non-hydrogen) atoms. The predicted molar refractivity (Wildman–Crippen MR) is 97.2 cm³/mol. The molecule has 0 amide bonds. The molecule has 0 atom stereocenters. The van der Waals surface area contributed by atoms with Gasteiger partial charge in [0.2, 0.25) is 10.0 Å². The van der Waals surface area contributed by atoms with Crippen molar-refractivity contribution in [3.8, 4) is 16.9 Å². The van der Waals surface area contributed by atoms with Crippen LogP contribution in [0, 0.1) is 6.92 Å². The summed E-state index contributed by atoms with van der Waals surface area (Å²) >= 11 is 6.10. The van der Waals surface area contributed by atoms with E-state index in [4.69, 9.17) is 11.6 Å². The van der Waals surface area contributed by atoms with Crippen molar-refractivity contribution in [1.82, 2.24) is 9.29 Å². The molecular weight excluding hydrogens is 344 g/mol. The Kier molecular flexibility index (Phi) is 4.49. The highest BCUT2D eigenvalue weighted by atomic mass is 35.5. The average Bonchev–Trinajstić information content (AvgIpc) is 2.96. The van der Waals surface area contributed by atoms with E-state index in [0.717, 1.165) is 22.6 Å². The van der Waals surface area contributed by atoms with Crippen LogP contribution < -0.4 is 4.72 Å². The van der Waals surface area contributed by atoms with Gasteiger partial charge in [0.25, 0.3) is 0 Å². The molecular formula is C18H17ClN2O2S. The predicted octanol–water partition coefficient (Wildman–Crippen LogP) is 4.01. The maximum atomic E-state index is 11.9. The molecule has 124 valence electrons. The number of nitrogens with one attached hydrogen (secondary N) is 1. The highest BCUT2D eigenvalue weighted by Gasteiger charge is 2.13. The van der Waals surface area contributed by atoms with E-state index in [1.54, 1.807) is 24.3 Å². The number of aromatic nitrogens is 1. The smallest absolute Gasteiger partial charge is 0.240 e. The molecule has 0 bridgehead atoms. The molecule has 3 aromatic rings. The van der Waals surface area contributed by atoms with E-state index >= 15 is 0 Å². The molecule has 1 aromatic heterocycles. The van der Waals surface area contributed by atoms with Crippen molar-refractivity contribution >= 4 is 21.6 Å². The van der Waals surface area contributed by atoms with E-state index in [-0.39, 0.29) is 4.90 Å². The minimum Gasteiger partial charge on any atom is -0.314 e. The van der Waals surface area contributed by atoms with Crippen molar-refractivity contribution in [2.24, 2.45) is 0 Å². The Morgan fingerprint density at radius 3 is 2.33 bits per heavy atom. The van der Waals surface area contributed by atoms with E-state index in [1.807, 2.05) is 43.3 Å². The zero-order valence-electron chi connectivity index (χ0n) is 13.3. The Morgan fingerprint density at radius 1 is 1.00 bits per heavy atom. The van der Waals surface area contributed by atoms with Gasteiger partial charge in [0.1, 0.15) is 0 Å². The standard InChI is InChI=1S/C18H17ClN2O2S/c1-13-6-11-18(14-4-3-5-15(19)12-14)21(13)16-7-9-17(10-8-16)24(22,23)20-2/h3-12,20H,1-2H3. The van der Waals surface area contributed by atoms with Crippen LogP contribution in [0.1, 0.15) is 5.69 Å². The second-order valence-corrected chi connectivity index (χ2v) is 7.73. The first kappa shape index (κ1) is 16.8. The van der Waals surface area contributed by atoms with Gasteiger partial charge in [-0.15, -0.1) is 0 Å². The molecule has 0 aliphatic carbocycles. The van der Waals surface area contributed by atoms with Crippen LogP contribution in [0.25, 0.3) is 16.9 Å². The molecule has 4 nitrogen and oxygen atoms in total. The lowest BCUT2D eigenvalue weighted by Crippen LogP contribution is -2.18. The molecule has 0 saturated heterocycles. The van der Waals surface area contributed by atoms with Crippen LogP contribution in [0.3, 0.4) is 0 Å². The summed E-state index contributed by atoms with van der Waals surface area (Å²) in [6, 6.07) is 18.5. The van der Waals surface area contributed by atoms with E-state index in [0.29, 0.717) is 5.02 Å². The van der Waals surface area contributed by atoms with E-state index < -0.39 is 10.0 Å². The van der Waals surface area contributed by atoms with Crippen LogP contribution in [0.4, 0.5) is 0 Å². The second kappa shape index (κ2) is 6.43. The van der Waals surface area contributed by atoms with Gasteiger partial charge < -0.3 is 4.57 Å². The maximum absolute atomic E-state index is 11.9. The average molecular weight is 361 g/mol. The third kappa shape index (κ3) is 3.11. The van der Waals surface area contributed by atoms with E-state index in [9.17, 15) is 8.42 Å². The molecule has 0 unspecified atom stereocenters. The Hall–Kier alpha value is -2.08. The van der Waals surface area contributed by atoms with Crippen LogP contribution in [0.2, 0.25) is 5.02 Å². The van der Waals surface area contributed by atoms with Gasteiger partial charge in [-0.1, -0.05) is 23.7 Å². The molecule has 1 heterocycles. The van der Waals surface area contributed by atoms with Crippen molar-refractivity contribution in [2.45, 2.75) is 11.8 Å². The molecule has 0 spiro atoms. The highest BCUT2D eigenvalue weighted by molar-refractivity contribution is 7.89. The molecule has 6 heteroatoms. The molecule has 2 aromatic carbocycles. The van der Waals surface area contributed by atoms with Crippen molar-refractivity contribution in [3.05, 3.63) is 71.4 Å². The first-order valence-electron chi connectivity index (χ1n) is 7.40. The molecule has 1 N–H and O–H groups in total. The van der Waals surface area contributed by atoms with Crippen LogP contribution in [-0.2, 0) is 10.0 Å². The fraction of sp³-hybridized carbons (Fsp3) is 0.111. The molecule has 3 rings (SSSR count). The number of nitrogens with zero attached hydrogens (tertiary/aromatic N) is 1. The number of halogens is 1. The van der Waals surface area contributed by atoms with Crippen molar-refractivity contribution in [2.75, 3.05) is 7.05 Å². The fourth-order valence-electron chi connectivity index (χ4n) is 2.65. The second-order valence-electron chi connectivity index (χ2n) is 5.41. The minimum atomic E-state index is -3.44. The number of rotatable bonds is 4. The zero-order valence-corrected chi connectivity index (χ0v) is 14.9. The normalized spacial score (nSPS) is 11.6. The van der Waals surface area contributed by atoms with Gasteiger partial charge in [-0.2, -0.15) is 0 Å². The first-order chi connectivity index (χ1) is 11.4. The number of hydrogen-bond acceptors (Lipinski definition) is 2. The van der Waals surface area contributed by atoms with Crippen molar-refractivity contribution < 1.29 is 8.42 Å². The summed E-state index contributed by atoms with van der Waals surface area (Å²) in [6.45, 7) is 2.01. The molecule has 0 fully saturated rings. The molecule has 0 aliphatic heterocycles. The first-order valence-corrected chi connectivity index (χ1v) is 9.27. The number of sulfonamides is 1.